The molecule has 3 heteroatoms. The van der Waals surface area contributed by atoms with Gasteiger partial charge in [-0.3, -0.25) is 0 Å². The monoisotopic (exact) mass is 232 g/mol. The van der Waals surface area contributed by atoms with Crippen LogP contribution in [0.15, 0.2) is 28.7 Å². The Balaban J connectivity index is 2.41. The molecule has 1 atom stereocenters. The van der Waals surface area contributed by atoms with Gasteiger partial charge in [-0.1, -0.05) is 25.1 Å². The Bertz CT molecular complexity index is 490. The van der Waals surface area contributed by atoms with Crippen molar-refractivity contribution in [3.05, 3.63) is 35.6 Å². The van der Waals surface area contributed by atoms with E-state index in [9.17, 15) is 0 Å². The molecular weight excluding hydrogens is 212 g/mol. The fraction of sp³-hybridized carbons (Fsp3) is 0.429. The van der Waals surface area contributed by atoms with E-state index in [-0.39, 0.29) is 6.04 Å². The van der Waals surface area contributed by atoms with E-state index in [0.29, 0.717) is 6.54 Å². The summed E-state index contributed by atoms with van der Waals surface area (Å²) in [7, 11) is 0. The lowest BCUT2D eigenvalue weighted by Crippen LogP contribution is -2.29. The largest absolute Gasteiger partial charge is 0.461 e. The number of nitrogens with two attached hydrogens (primary N) is 1. The molecule has 3 nitrogen and oxygen atoms in total. The van der Waals surface area contributed by atoms with Crippen LogP contribution in [-0.2, 0) is 0 Å². The van der Waals surface area contributed by atoms with Crippen molar-refractivity contribution in [2.75, 3.05) is 13.1 Å². The normalized spacial score (nSPS) is 13.1. The van der Waals surface area contributed by atoms with E-state index in [1.165, 1.54) is 10.9 Å². The van der Waals surface area contributed by atoms with Crippen LogP contribution in [-0.4, -0.2) is 13.1 Å². The molecule has 3 N–H and O–H groups in total. The predicted octanol–water partition coefficient (Wildman–Crippen LogP) is 2.74. The molecule has 1 aromatic carbocycles. The first kappa shape index (κ1) is 12.1. The molecule has 2 aromatic rings. The number of fused-ring (bicyclic) bond motifs is 1. The molecule has 0 saturated carbocycles. The van der Waals surface area contributed by atoms with E-state index < -0.39 is 0 Å². The second kappa shape index (κ2) is 5.34. The average molecular weight is 232 g/mol. The molecule has 2 rings (SSSR count). The number of furan rings is 1. The lowest BCUT2D eigenvalue weighted by Gasteiger charge is -2.16. The SMILES string of the molecule is CCCNC(CN)c1c(C)oc2ccccc12. The van der Waals surface area contributed by atoms with Crippen molar-refractivity contribution in [2.24, 2.45) is 5.73 Å². The summed E-state index contributed by atoms with van der Waals surface area (Å²) in [6, 6.07) is 8.30. The van der Waals surface area contributed by atoms with Crippen LogP contribution in [0.2, 0.25) is 0 Å². The van der Waals surface area contributed by atoms with Crippen molar-refractivity contribution in [1.29, 1.82) is 0 Å². The van der Waals surface area contributed by atoms with Gasteiger partial charge in [-0.2, -0.15) is 0 Å². The number of para-hydroxylation sites is 1. The Morgan fingerprint density at radius 2 is 2.12 bits per heavy atom. The molecule has 1 aromatic heterocycles. The number of hydrogen-bond donors (Lipinski definition) is 2. The Morgan fingerprint density at radius 1 is 1.35 bits per heavy atom. The molecule has 0 bridgehead atoms. The van der Waals surface area contributed by atoms with Gasteiger partial charge in [0.1, 0.15) is 11.3 Å². The van der Waals surface area contributed by atoms with Gasteiger partial charge in [-0.15, -0.1) is 0 Å². The Hall–Kier alpha value is -1.32. The molecule has 1 heterocycles. The minimum atomic E-state index is 0.179. The fourth-order valence-corrected chi connectivity index (χ4v) is 2.24. The van der Waals surface area contributed by atoms with E-state index in [1.54, 1.807) is 0 Å². The van der Waals surface area contributed by atoms with Gasteiger partial charge in [0.15, 0.2) is 0 Å². The standard InChI is InChI=1S/C14H20N2O/c1-3-8-16-12(9-15)14-10(2)17-13-7-5-4-6-11(13)14/h4-7,12,16H,3,8-9,15H2,1-2H3. The van der Waals surface area contributed by atoms with Crippen molar-refractivity contribution < 1.29 is 4.42 Å². The number of benzene rings is 1. The third-order valence-electron chi connectivity index (χ3n) is 3.04. The Kier molecular flexibility index (Phi) is 3.82. The van der Waals surface area contributed by atoms with Crippen LogP contribution in [0.1, 0.15) is 30.7 Å². The minimum Gasteiger partial charge on any atom is -0.461 e. The first-order chi connectivity index (χ1) is 8.27. The van der Waals surface area contributed by atoms with Crippen LogP contribution in [0.4, 0.5) is 0 Å². The van der Waals surface area contributed by atoms with Gasteiger partial charge in [-0.05, 0) is 26.0 Å². The van der Waals surface area contributed by atoms with Gasteiger partial charge < -0.3 is 15.5 Å². The highest BCUT2D eigenvalue weighted by molar-refractivity contribution is 5.82. The smallest absolute Gasteiger partial charge is 0.134 e. The number of hydrogen-bond acceptors (Lipinski definition) is 3. The maximum atomic E-state index is 5.86. The lowest BCUT2D eigenvalue weighted by molar-refractivity contribution is 0.514. The second-order valence-electron chi connectivity index (χ2n) is 4.31. The number of rotatable bonds is 5. The number of nitrogens with one attached hydrogen (secondary N) is 1. The molecule has 0 spiro atoms. The van der Waals surface area contributed by atoms with Gasteiger partial charge in [0, 0.05) is 23.5 Å². The average Bonchev–Trinajstić information content (AvgIpc) is 2.67. The summed E-state index contributed by atoms with van der Waals surface area (Å²) in [6.45, 7) is 5.72. The highest BCUT2D eigenvalue weighted by atomic mass is 16.3. The summed E-state index contributed by atoms with van der Waals surface area (Å²) in [5, 5.41) is 4.64. The highest BCUT2D eigenvalue weighted by Gasteiger charge is 2.18. The molecule has 1 unspecified atom stereocenters. The summed E-state index contributed by atoms with van der Waals surface area (Å²) in [6.07, 6.45) is 1.10. The van der Waals surface area contributed by atoms with Crippen LogP contribution >= 0.6 is 0 Å². The third kappa shape index (κ3) is 2.35. The highest BCUT2D eigenvalue weighted by Crippen LogP contribution is 2.29. The number of aryl methyl sites for hydroxylation is 1. The Labute approximate surface area is 102 Å². The molecule has 0 radical (unpaired) electrons. The summed E-state index contributed by atoms with van der Waals surface area (Å²) >= 11 is 0. The van der Waals surface area contributed by atoms with Crippen molar-refractivity contribution in [3.63, 3.8) is 0 Å². The van der Waals surface area contributed by atoms with E-state index in [2.05, 4.69) is 18.3 Å². The van der Waals surface area contributed by atoms with Gasteiger partial charge >= 0.3 is 0 Å². The predicted molar refractivity (Wildman–Crippen MR) is 71.0 cm³/mol. The third-order valence-corrected chi connectivity index (χ3v) is 3.04. The molecule has 92 valence electrons. The summed E-state index contributed by atoms with van der Waals surface area (Å²) in [5.74, 6) is 0.963. The zero-order valence-electron chi connectivity index (χ0n) is 10.5. The minimum absolute atomic E-state index is 0.179. The van der Waals surface area contributed by atoms with E-state index in [0.717, 1.165) is 24.3 Å². The van der Waals surface area contributed by atoms with Crippen molar-refractivity contribution >= 4 is 11.0 Å². The van der Waals surface area contributed by atoms with E-state index in [1.807, 2.05) is 25.1 Å². The van der Waals surface area contributed by atoms with E-state index in [4.69, 9.17) is 10.2 Å². The zero-order chi connectivity index (χ0) is 12.3. The summed E-state index contributed by atoms with van der Waals surface area (Å²) in [4.78, 5) is 0. The maximum absolute atomic E-state index is 5.86. The van der Waals surface area contributed by atoms with Crippen LogP contribution < -0.4 is 11.1 Å². The molecule has 0 aliphatic rings. The van der Waals surface area contributed by atoms with Crippen LogP contribution in [0.5, 0.6) is 0 Å². The molecule has 0 amide bonds. The van der Waals surface area contributed by atoms with Gasteiger partial charge in [0.2, 0.25) is 0 Å². The summed E-state index contributed by atoms with van der Waals surface area (Å²) in [5.41, 5.74) is 8.01. The van der Waals surface area contributed by atoms with Gasteiger partial charge in [0.05, 0.1) is 0 Å². The first-order valence-electron chi connectivity index (χ1n) is 6.19. The van der Waals surface area contributed by atoms with Crippen molar-refractivity contribution in [1.82, 2.24) is 5.32 Å². The van der Waals surface area contributed by atoms with Crippen molar-refractivity contribution in [3.8, 4) is 0 Å². The lowest BCUT2D eigenvalue weighted by atomic mass is 10.0. The molecule has 0 aliphatic heterocycles. The molecule has 17 heavy (non-hydrogen) atoms. The van der Waals surface area contributed by atoms with Crippen molar-refractivity contribution in [2.45, 2.75) is 26.3 Å². The molecule has 0 fully saturated rings. The maximum Gasteiger partial charge on any atom is 0.134 e. The van der Waals surface area contributed by atoms with E-state index >= 15 is 0 Å². The van der Waals surface area contributed by atoms with Crippen LogP contribution in [0.3, 0.4) is 0 Å². The Morgan fingerprint density at radius 3 is 2.82 bits per heavy atom. The quantitative estimate of drug-likeness (QED) is 0.833. The topological polar surface area (TPSA) is 51.2 Å². The molecule has 0 saturated heterocycles. The molecular formula is C14H20N2O. The second-order valence-corrected chi connectivity index (χ2v) is 4.31. The molecule has 0 aliphatic carbocycles. The fourth-order valence-electron chi connectivity index (χ4n) is 2.24. The zero-order valence-corrected chi connectivity index (χ0v) is 10.5. The first-order valence-corrected chi connectivity index (χ1v) is 6.19. The van der Waals surface area contributed by atoms with Crippen LogP contribution in [0, 0.1) is 6.92 Å². The summed E-state index contributed by atoms with van der Waals surface area (Å²) < 4.78 is 5.77. The van der Waals surface area contributed by atoms with Crippen LogP contribution in [0.25, 0.3) is 11.0 Å². The van der Waals surface area contributed by atoms with Gasteiger partial charge in [0.25, 0.3) is 0 Å². The van der Waals surface area contributed by atoms with Gasteiger partial charge in [-0.25, -0.2) is 0 Å².